The number of hydrogen-bond acceptors (Lipinski definition) is 3. The number of aromatic amines is 1. The van der Waals surface area contributed by atoms with Gasteiger partial charge in [-0.3, -0.25) is 19.5 Å². The summed E-state index contributed by atoms with van der Waals surface area (Å²) in [6.07, 6.45) is -0.390. The van der Waals surface area contributed by atoms with Crippen LogP contribution < -0.4 is 10.9 Å². The van der Waals surface area contributed by atoms with E-state index in [-0.39, 0.29) is 5.69 Å². The predicted molar refractivity (Wildman–Crippen MR) is 100 cm³/mol. The van der Waals surface area contributed by atoms with Crippen molar-refractivity contribution in [3.05, 3.63) is 87.0 Å². The highest BCUT2D eigenvalue weighted by atomic mass is 35.5. The van der Waals surface area contributed by atoms with Gasteiger partial charge in [0.2, 0.25) is 0 Å². The average molecular weight is 404 g/mol. The van der Waals surface area contributed by atoms with Crippen molar-refractivity contribution in [1.29, 1.82) is 0 Å². The largest absolute Gasteiger partial charge is 0.481 e. The first kappa shape index (κ1) is 19.4. The zero-order chi connectivity index (χ0) is 20.3. The molecule has 0 aliphatic carbocycles. The lowest BCUT2D eigenvalue weighted by molar-refractivity contribution is -0.137. The molecule has 1 aromatic heterocycles. The summed E-state index contributed by atoms with van der Waals surface area (Å²) in [5.74, 6) is -2.26. The first-order chi connectivity index (χ1) is 13.3. The summed E-state index contributed by atoms with van der Waals surface area (Å²) in [4.78, 5) is 35.9. The van der Waals surface area contributed by atoms with E-state index in [9.17, 15) is 18.8 Å². The van der Waals surface area contributed by atoms with Crippen LogP contribution in [0.15, 0.2) is 59.4 Å². The van der Waals surface area contributed by atoms with Gasteiger partial charge in [0.1, 0.15) is 11.5 Å². The van der Waals surface area contributed by atoms with Gasteiger partial charge in [0, 0.05) is 11.1 Å². The van der Waals surface area contributed by atoms with Crippen LogP contribution in [-0.2, 0) is 4.79 Å². The number of rotatable bonds is 6. The van der Waals surface area contributed by atoms with Gasteiger partial charge in [0.25, 0.3) is 11.5 Å². The highest BCUT2D eigenvalue weighted by molar-refractivity contribution is 6.31. The van der Waals surface area contributed by atoms with Crippen molar-refractivity contribution in [2.24, 2.45) is 0 Å². The third-order valence-corrected chi connectivity index (χ3v) is 4.36. The van der Waals surface area contributed by atoms with Gasteiger partial charge in [-0.25, -0.2) is 9.07 Å². The van der Waals surface area contributed by atoms with E-state index in [1.165, 1.54) is 24.3 Å². The highest BCUT2D eigenvalue weighted by Gasteiger charge is 2.22. The molecule has 0 aliphatic rings. The second-order valence-corrected chi connectivity index (χ2v) is 6.37. The quantitative estimate of drug-likeness (QED) is 0.588. The molecule has 3 rings (SSSR count). The van der Waals surface area contributed by atoms with Crippen LogP contribution in [0.2, 0.25) is 5.02 Å². The summed E-state index contributed by atoms with van der Waals surface area (Å²) in [6, 6.07) is 11.9. The number of benzene rings is 2. The highest BCUT2D eigenvalue weighted by Crippen LogP contribution is 2.25. The molecule has 0 radical (unpaired) electrons. The lowest BCUT2D eigenvalue weighted by Crippen LogP contribution is -2.30. The van der Waals surface area contributed by atoms with E-state index in [2.05, 4.69) is 10.4 Å². The Kier molecular flexibility index (Phi) is 5.60. The fourth-order valence-electron chi connectivity index (χ4n) is 2.70. The molecule has 7 nitrogen and oxygen atoms in total. The summed E-state index contributed by atoms with van der Waals surface area (Å²) < 4.78 is 14.1. The molecule has 1 unspecified atom stereocenters. The molecule has 28 heavy (non-hydrogen) atoms. The van der Waals surface area contributed by atoms with Crippen LogP contribution >= 0.6 is 11.6 Å². The number of amides is 1. The Morgan fingerprint density at radius 1 is 1.18 bits per heavy atom. The summed E-state index contributed by atoms with van der Waals surface area (Å²) in [6.45, 7) is 0. The zero-order valence-electron chi connectivity index (χ0n) is 14.4. The van der Waals surface area contributed by atoms with E-state index in [1.807, 2.05) is 0 Å². The molecule has 0 bridgehead atoms. The number of nitrogens with zero attached hydrogens (tertiary/aromatic N) is 1. The molecule has 1 amide bonds. The van der Waals surface area contributed by atoms with Crippen molar-refractivity contribution in [3.8, 4) is 5.69 Å². The van der Waals surface area contributed by atoms with Gasteiger partial charge in [0.15, 0.2) is 0 Å². The fourth-order valence-corrected chi connectivity index (χ4v) is 2.97. The summed E-state index contributed by atoms with van der Waals surface area (Å²) in [5, 5.41) is 14.7. The van der Waals surface area contributed by atoms with E-state index in [0.717, 1.165) is 10.7 Å². The molecule has 2 aromatic carbocycles. The van der Waals surface area contributed by atoms with Crippen molar-refractivity contribution < 1.29 is 19.1 Å². The minimum absolute atomic E-state index is 0.0724. The van der Waals surface area contributed by atoms with Crippen molar-refractivity contribution in [1.82, 2.24) is 15.1 Å². The number of aliphatic carboxylic acids is 1. The molecule has 1 atom stereocenters. The molecular weight excluding hydrogens is 389 g/mol. The van der Waals surface area contributed by atoms with Crippen LogP contribution in [0.4, 0.5) is 4.39 Å². The maximum Gasteiger partial charge on any atom is 0.305 e. The second-order valence-electron chi connectivity index (χ2n) is 5.97. The zero-order valence-corrected chi connectivity index (χ0v) is 15.1. The standard InChI is InChI=1S/C19H15ClFN3O4/c20-14-4-2-1-3-13(14)15(10-18(26)27)22-19(28)16-9-17(25)24(23-16)12-7-5-11(21)6-8-12/h1-9,15,23H,10H2,(H,22,28)(H,26,27). The third-order valence-electron chi connectivity index (χ3n) is 4.01. The first-order valence-corrected chi connectivity index (χ1v) is 8.58. The number of carbonyl (C=O) groups excluding carboxylic acids is 1. The van der Waals surface area contributed by atoms with E-state index >= 15 is 0 Å². The molecule has 0 aliphatic heterocycles. The molecule has 1 heterocycles. The Hall–Kier alpha value is -3.39. The van der Waals surface area contributed by atoms with Crippen molar-refractivity contribution >= 4 is 23.5 Å². The SMILES string of the molecule is O=C(O)CC(NC(=O)c1cc(=O)n(-c2ccc(F)cc2)[nH]1)c1ccccc1Cl. The Labute approximate surface area is 163 Å². The van der Waals surface area contributed by atoms with E-state index in [1.54, 1.807) is 24.3 Å². The van der Waals surface area contributed by atoms with Crippen molar-refractivity contribution in [2.75, 3.05) is 0 Å². The smallest absolute Gasteiger partial charge is 0.305 e. The van der Waals surface area contributed by atoms with Gasteiger partial charge in [-0.05, 0) is 35.9 Å². The number of halogens is 2. The van der Waals surface area contributed by atoms with Gasteiger partial charge in [0.05, 0.1) is 18.2 Å². The molecule has 0 spiro atoms. The topological polar surface area (TPSA) is 104 Å². The van der Waals surface area contributed by atoms with E-state index < -0.39 is 35.7 Å². The number of hydrogen-bond donors (Lipinski definition) is 3. The number of aromatic nitrogens is 2. The predicted octanol–water partition coefficient (Wildman–Crippen LogP) is 2.90. The molecule has 144 valence electrons. The minimum atomic E-state index is -1.12. The van der Waals surface area contributed by atoms with E-state index in [4.69, 9.17) is 16.7 Å². The van der Waals surface area contributed by atoms with Crippen LogP contribution in [0.25, 0.3) is 5.69 Å². The van der Waals surface area contributed by atoms with Gasteiger partial charge in [-0.15, -0.1) is 0 Å². The Bertz CT molecular complexity index is 1080. The number of carboxylic acid groups (broad SMARTS) is 1. The molecule has 0 saturated carbocycles. The van der Waals surface area contributed by atoms with Gasteiger partial charge in [-0.1, -0.05) is 29.8 Å². The van der Waals surface area contributed by atoms with Crippen LogP contribution in [0.5, 0.6) is 0 Å². The Morgan fingerprint density at radius 3 is 2.50 bits per heavy atom. The molecule has 9 heteroatoms. The van der Waals surface area contributed by atoms with Gasteiger partial charge >= 0.3 is 5.97 Å². The summed E-state index contributed by atoms with van der Waals surface area (Å²) in [5.41, 5.74) is 0.194. The van der Waals surface area contributed by atoms with Crippen LogP contribution in [0.1, 0.15) is 28.5 Å². The third kappa shape index (κ3) is 4.29. The monoisotopic (exact) mass is 403 g/mol. The number of carboxylic acids is 1. The van der Waals surface area contributed by atoms with Gasteiger partial charge < -0.3 is 10.4 Å². The first-order valence-electron chi connectivity index (χ1n) is 8.20. The summed E-state index contributed by atoms with van der Waals surface area (Å²) in [7, 11) is 0. The van der Waals surface area contributed by atoms with Crippen LogP contribution in [0, 0.1) is 5.82 Å². The molecule has 0 fully saturated rings. The number of carbonyl (C=O) groups is 2. The molecule has 0 saturated heterocycles. The summed E-state index contributed by atoms with van der Waals surface area (Å²) >= 11 is 6.12. The Morgan fingerprint density at radius 2 is 1.86 bits per heavy atom. The van der Waals surface area contributed by atoms with Gasteiger partial charge in [-0.2, -0.15) is 0 Å². The second kappa shape index (κ2) is 8.10. The van der Waals surface area contributed by atoms with Crippen molar-refractivity contribution in [3.63, 3.8) is 0 Å². The number of H-pyrrole nitrogens is 1. The average Bonchev–Trinajstić information content (AvgIpc) is 3.04. The lowest BCUT2D eigenvalue weighted by atomic mass is 10.0. The van der Waals surface area contributed by atoms with Crippen LogP contribution in [-0.4, -0.2) is 26.8 Å². The van der Waals surface area contributed by atoms with Crippen molar-refractivity contribution in [2.45, 2.75) is 12.5 Å². The van der Waals surface area contributed by atoms with Crippen LogP contribution in [0.3, 0.4) is 0 Å². The molecule has 3 N–H and O–H groups in total. The molecule has 3 aromatic rings. The number of nitrogens with one attached hydrogen (secondary N) is 2. The Balaban J connectivity index is 1.87. The molecular formula is C19H15ClFN3O4. The van der Waals surface area contributed by atoms with E-state index in [0.29, 0.717) is 16.3 Å². The normalized spacial score (nSPS) is 11.8. The fraction of sp³-hybridized carbons (Fsp3) is 0.105. The maximum absolute atomic E-state index is 13.1. The lowest BCUT2D eigenvalue weighted by Gasteiger charge is -2.18. The maximum atomic E-state index is 13.1. The minimum Gasteiger partial charge on any atom is -0.481 e.